The van der Waals surface area contributed by atoms with Gasteiger partial charge in [0.15, 0.2) is 0 Å². The number of nitrogens with zero attached hydrogens (tertiary/aromatic N) is 3. The predicted molar refractivity (Wildman–Crippen MR) is 110 cm³/mol. The number of hydrogen-bond acceptors (Lipinski definition) is 3. The zero-order chi connectivity index (χ0) is 20.9. The lowest BCUT2D eigenvalue weighted by Gasteiger charge is -2.42. The van der Waals surface area contributed by atoms with Crippen LogP contribution >= 0.6 is 0 Å². The lowest BCUT2D eigenvalue weighted by Crippen LogP contribution is -2.53. The zero-order valence-electron chi connectivity index (χ0n) is 16.6. The van der Waals surface area contributed by atoms with E-state index in [4.69, 9.17) is 0 Å². The molecular formula is C24H24F3N3. The maximum atomic E-state index is 13.2. The molecule has 30 heavy (non-hydrogen) atoms. The van der Waals surface area contributed by atoms with Gasteiger partial charge >= 0.3 is 0 Å². The molecule has 3 nitrogen and oxygen atoms in total. The van der Waals surface area contributed by atoms with E-state index >= 15 is 0 Å². The summed E-state index contributed by atoms with van der Waals surface area (Å²) in [6, 6.07) is 19.7. The van der Waals surface area contributed by atoms with E-state index in [-0.39, 0.29) is 17.5 Å². The van der Waals surface area contributed by atoms with Gasteiger partial charge in [0.05, 0.1) is 20.0 Å². The van der Waals surface area contributed by atoms with Crippen molar-refractivity contribution in [3.63, 3.8) is 0 Å². The second kappa shape index (κ2) is 9.43. The van der Waals surface area contributed by atoms with Crippen molar-refractivity contribution < 1.29 is 13.2 Å². The summed E-state index contributed by atoms with van der Waals surface area (Å²) in [5.74, 6) is -0.727. The Morgan fingerprint density at radius 2 is 0.667 bits per heavy atom. The zero-order valence-corrected chi connectivity index (χ0v) is 16.6. The van der Waals surface area contributed by atoms with E-state index in [0.717, 1.165) is 36.7 Å². The van der Waals surface area contributed by atoms with E-state index < -0.39 is 0 Å². The fraction of sp³-hybridized carbons (Fsp3) is 0.250. The maximum absolute atomic E-state index is 13.2. The highest BCUT2D eigenvalue weighted by Gasteiger charge is 2.24. The van der Waals surface area contributed by atoms with Crippen molar-refractivity contribution in [3.05, 3.63) is 107 Å². The van der Waals surface area contributed by atoms with E-state index in [1.165, 1.54) is 36.4 Å². The van der Waals surface area contributed by atoms with Gasteiger partial charge < -0.3 is 0 Å². The summed E-state index contributed by atoms with van der Waals surface area (Å²) < 4.78 is 39.7. The van der Waals surface area contributed by atoms with Crippen LogP contribution in [0.15, 0.2) is 72.8 Å². The van der Waals surface area contributed by atoms with Crippen molar-refractivity contribution in [1.82, 2.24) is 14.7 Å². The first-order valence-electron chi connectivity index (χ1n) is 9.94. The second-order valence-electron chi connectivity index (χ2n) is 7.79. The smallest absolute Gasteiger partial charge is 0.123 e. The summed E-state index contributed by atoms with van der Waals surface area (Å²) in [4.78, 5) is 6.84. The van der Waals surface area contributed by atoms with Gasteiger partial charge in [0, 0.05) is 19.6 Å². The Balaban J connectivity index is 1.47. The average Bonchev–Trinajstić information content (AvgIpc) is 2.73. The minimum Gasteiger partial charge on any atom is -0.273 e. The summed E-state index contributed by atoms with van der Waals surface area (Å²) in [6.45, 7) is 4.32. The van der Waals surface area contributed by atoms with Gasteiger partial charge in [-0.1, -0.05) is 36.4 Å². The Morgan fingerprint density at radius 3 is 0.900 bits per heavy atom. The molecule has 1 aliphatic rings. The van der Waals surface area contributed by atoms with Crippen molar-refractivity contribution in [3.8, 4) is 0 Å². The molecule has 0 radical (unpaired) electrons. The SMILES string of the molecule is Fc1ccc(CN2CN(Cc3ccc(F)cc3)CN(Cc3ccc(F)cc3)C2)cc1. The topological polar surface area (TPSA) is 9.72 Å². The first-order chi connectivity index (χ1) is 14.5. The van der Waals surface area contributed by atoms with Crippen molar-refractivity contribution in [2.24, 2.45) is 0 Å². The van der Waals surface area contributed by atoms with Crippen LogP contribution in [0.1, 0.15) is 16.7 Å². The standard InChI is InChI=1S/C24H24F3N3/c25-22-7-1-19(2-8-22)13-28-16-29(14-20-3-9-23(26)10-4-20)18-30(17-28)15-21-5-11-24(27)12-6-21/h1-12H,13-18H2. The van der Waals surface area contributed by atoms with Gasteiger partial charge in [-0.2, -0.15) is 0 Å². The summed E-state index contributed by atoms with van der Waals surface area (Å²) in [7, 11) is 0. The second-order valence-corrected chi connectivity index (χ2v) is 7.79. The van der Waals surface area contributed by atoms with Crippen LogP contribution in [0.2, 0.25) is 0 Å². The first kappa shape index (κ1) is 20.6. The minimum atomic E-state index is -0.242. The number of rotatable bonds is 6. The molecule has 0 bridgehead atoms. The van der Waals surface area contributed by atoms with Crippen LogP contribution in [-0.2, 0) is 19.6 Å². The molecule has 0 amide bonds. The predicted octanol–water partition coefficient (Wildman–Crippen LogP) is 4.80. The third-order valence-corrected chi connectivity index (χ3v) is 5.16. The van der Waals surface area contributed by atoms with Gasteiger partial charge in [-0.25, -0.2) is 13.2 Å². The van der Waals surface area contributed by atoms with Gasteiger partial charge in [0.2, 0.25) is 0 Å². The van der Waals surface area contributed by atoms with Crippen LogP contribution in [0.3, 0.4) is 0 Å². The Hall–Kier alpha value is -2.67. The molecule has 1 saturated heterocycles. The van der Waals surface area contributed by atoms with Gasteiger partial charge in [0.1, 0.15) is 17.5 Å². The molecule has 0 aromatic heterocycles. The van der Waals surface area contributed by atoms with Crippen LogP contribution in [0.4, 0.5) is 13.2 Å². The maximum Gasteiger partial charge on any atom is 0.123 e. The summed E-state index contributed by atoms with van der Waals surface area (Å²) in [5, 5.41) is 0. The first-order valence-corrected chi connectivity index (χ1v) is 9.94. The van der Waals surface area contributed by atoms with Crippen molar-refractivity contribution in [2.75, 3.05) is 20.0 Å². The molecule has 0 aliphatic carbocycles. The normalized spacial score (nSPS) is 16.1. The fourth-order valence-electron chi connectivity index (χ4n) is 3.83. The van der Waals surface area contributed by atoms with Crippen LogP contribution in [-0.4, -0.2) is 34.7 Å². The summed E-state index contributed by atoms with van der Waals surface area (Å²) in [6.07, 6.45) is 0. The molecule has 1 fully saturated rings. The van der Waals surface area contributed by atoms with Gasteiger partial charge in [-0.05, 0) is 53.1 Å². The van der Waals surface area contributed by atoms with Crippen molar-refractivity contribution in [1.29, 1.82) is 0 Å². The fourth-order valence-corrected chi connectivity index (χ4v) is 3.83. The Morgan fingerprint density at radius 1 is 0.433 bits per heavy atom. The third kappa shape index (κ3) is 5.69. The van der Waals surface area contributed by atoms with Gasteiger partial charge in [0.25, 0.3) is 0 Å². The average molecular weight is 411 g/mol. The molecule has 0 N–H and O–H groups in total. The Bertz CT molecular complexity index is 810. The van der Waals surface area contributed by atoms with E-state index in [1.54, 1.807) is 36.4 Å². The molecule has 1 heterocycles. The van der Waals surface area contributed by atoms with Crippen molar-refractivity contribution in [2.45, 2.75) is 19.6 Å². The van der Waals surface area contributed by atoms with E-state index in [9.17, 15) is 13.2 Å². The highest BCUT2D eigenvalue weighted by Crippen LogP contribution is 2.18. The van der Waals surface area contributed by atoms with E-state index in [2.05, 4.69) is 14.7 Å². The molecule has 0 atom stereocenters. The summed E-state index contributed by atoms with van der Waals surface area (Å²) >= 11 is 0. The molecule has 0 spiro atoms. The minimum absolute atomic E-state index is 0.242. The van der Waals surface area contributed by atoms with Crippen molar-refractivity contribution >= 4 is 0 Å². The number of hydrogen-bond donors (Lipinski definition) is 0. The van der Waals surface area contributed by atoms with Crippen LogP contribution in [0.5, 0.6) is 0 Å². The molecule has 156 valence electrons. The molecule has 3 aromatic carbocycles. The quantitative estimate of drug-likeness (QED) is 0.577. The largest absolute Gasteiger partial charge is 0.273 e. The monoisotopic (exact) mass is 411 g/mol. The molecule has 0 saturated carbocycles. The van der Waals surface area contributed by atoms with E-state index in [0.29, 0.717) is 19.6 Å². The van der Waals surface area contributed by atoms with Crippen LogP contribution < -0.4 is 0 Å². The van der Waals surface area contributed by atoms with Crippen LogP contribution in [0, 0.1) is 17.5 Å². The molecule has 4 rings (SSSR count). The molecule has 6 heteroatoms. The van der Waals surface area contributed by atoms with Gasteiger partial charge in [-0.15, -0.1) is 0 Å². The highest BCUT2D eigenvalue weighted by molar-refractivity contribution is 5.18. The number of benzene rings is 3. The number of halogens is 3. The third-order valence-electron chi connectivity index (χ3n) is 5.16. The molecule has 1 aliphatic heterocycles. The summed E-state index contributed by atoms with van der Waals surface area (Å²) in [5.41, 5.74) is 3.13. The highest BCUT2D eigenvalue weighted by atomic mass is 19.1. The van der Waals surface area contributed by atoms with Gasteiger partial charge in [-0.3, -0.25) is 14.7 Å². The lowest BCUT2D eigenvalue weighted by atomic mass is 10.2. The molecule has 3 aromatic rings. The Kier molecular flexibility index (Phi) is 6.47. The molecule has 0 unspecified atom stereocenters. The lowest BCUT2D eigenvalue weighted by molar-refractivity contribution is -0.0422. The van der Waals surface area contributed by atoms with E-state index in [1.807, 2.05) is 0 Å². The Labute approximate surface area is 175 Å². The molecular weight excluding hydrogens is 387 g/mol. The van der Waals surface area contributed by atoms with Crippen LogP contribution in [0.25, 0.3) is 0 Å².